The standard InChI is InChI=1S/C17H26N2O2/c1-4-9-16(20)15(18(11-5-2)12-6-3)14-19-13-8-7-10-17(19)21/h5-8,10,13,15-16,20H,2-4,9,11-12,14H2,1H3/t15-,16+/m1/s1. The predicted molar refractivity (Wildman–Crippen MR) is 87.4 cm³/mol. The first kappa shape index (κ1) is 17.4. The molecule has 0 saturated carbocycles. The minimum atomic E-state index is -0.484. The zero-order valence-corrected chi connectivity index (χ0v) is 12.8. The van der Waals surface area contributed by atoms with Gasteiger partial charge in [-0.1, -0.05) is 31.6 Å². The highest BCUT2D eigenvalue weighted by molar-refractivity contribution is 4.95. The summed E-state index contributed by atoms with van der Waals surface area (Å²) < 4.78 is 1.64. The summed E-state index contributed by atoms with van der Waals surface area (Å²) >= 11 is 0. The number of rotatable bonds is 10. The van der Waals surface area contributed by atoms with Gasteiger partial charge in [-0.05, 0) is 12.5 Å². The second kappa shape index (κ2) is 9.32. The van der Waals surface area contributed by atoms with Crippen LogP contribution in [-0.2, 0) is 6.54 Å². The summed E-state index contributed by atoms with van der Waals surface area (Å²) in [5.41, 5.74) is -0.0524. The van der Waals surface area contributed by atoms with Gasteiger partial charge in [0.05, 0.1) is 12.1 Å². The molecular weight excluding hydrogens is 264 g/mol. The van der Waals surface area contributed by atoms with Gasteiger partial charge in [0.1, 0.15) is 0 Å². The lowest BCUT2D eigenvalue weighted by Gasteiger charge is -2.34. The van der Waals surface area contributed by atoms with E-state index < -0.39 is 6.10 Å². The highest BCUT2D eigenvalue weighted by atomic mass is 16.3. The van der Waals surface area contributed by atoms with Crippen molar-refractivity contribution < 1.29 is 5.11 Å². The summed E-state index contributed by atoms with van der Waals surface area (Å²) in [4.78, 5) is 14.0. The molecule has 1 rings (SSSR count). The Morgan fingerprint density at radius 3 is 2.52 bits per heavy atom. The van der Waals surface area contributed by atoms with E-state index in [0.717, 1.165) is 6.42 Å². The van der Waals surface area contributed by atoms with Crippen molar-refractivity contribution >= 4 is 0 Å². The minimum absolute atomic E-state index is 0.0524. The first-order valence-corrected chi connectivity index (χ1v) is 7.43. The van der Waals surface area contributed by atoms with E-state index in [-0.39, 0.29) is 11.6 Å². The Morgan fingerprint density at radius 1 is 1.33 bits per heavy atom. The average molecular weight is 290 g/mol. The molecule has 0 unspecified atom stereocenters. The molecule has 4 nitrogen and oxygen atoms in total. The Hall–Kier alpha value is -1.65. The minimum Gasteiger partial charge on any atom is -0.391 e. The molecule has 2 atom stereocenters. The van der Waals surface area contributed by atoms with Crippen LogP contribution in [0.25, 0.3) is 0 Å². The van der Waals surface area contributed by atoms with Gasteiger partial charge in [-0.3, -0.25) is 9.69 Å². The third-order valence-corrected chi connectivity index (χ3v) is 3.51. The smallest absolute Gasteiger partial charge is 0.250 e. The largest absolute Gasteiger partial charge is 0.391 e. The number of aromatic nitrogens is 1. The topological polar surface area (TPSA) is 45.5 Å². The molecule has 0 aliphatic heterocycles. The normalized spacial score (nSPS) is 13.9. The van der Waals surface area contributed by atoms with E-state index in [4.69, 9.17) is 0 Å². The fraction of sp³-hybridized carbons (Fsp3) is 0.471. The molecular formula is C17H26N2O2. The molecule has 0 fully saturated rings. The quantitative estimate of drug-likeness (QED) is 0.671. The van der Waals surface area contributed by atoms with Gasteiger partial charge >= 0.3 is 0 Å². The molecule has 0 bridgehead atoms. The van der Waals surface area contributed by atoms with Gasteiger partial charge in [0, 0.05) is 31.9 Å². The van der Waals surface area contributed by atoms with Gasteiger partial charge in [0.2, 0.25) is 0 Å². The first-order chi connectivity index (χ1) is 10.1. The van der Waals surface area contributed by atoms with Crippen molar-refractivity contribution in [2.45, 2.75) is 38.5 Å². The van der Waals surface area contributed by atoms with Crippen molar-refractivity contribution in [1.29, 1.82) is 0 Å². The fourth-order valence-corrected chi connectivity index (χ4v) is 2.46. The van der Waals surface area contributed by atoms with Crippen molar-refractivity contribution in [2.24, 2.45) is 0 Å². The molecule has 0 radical (unpaired) electrons. The van der Waals surface area contributed by atoms with Crippen molar-refractivity contribution in [2.75, 3.05) is 13.1 Å². The van der Waals surface area contributed by atoms with Crippen LogP contribution in [-0.4, -0.2) is 39.8 Å². The molecule has 116 valence electrons. The molecule has 0 aromatic carbocycles. The van der Waals surface area contributed by atoms with E-state index in [1.165, 1.54) is 6.07 Å². The molecule has 0 amide bonds. The van der Waals surface area contributed by atoms with Crippen molar-refractivity contribution in [3.05, 3.63) is 60.1 Å². The molecule has 0 spiro atoms. The second-order valence-electron chi connectivity index (χ2n) is 5.15. The van der Waals surface area contributed by atoms with Crippen LogP contribution in [0.5, 0.6) is 0 Å². The lowest BCUT2D eigenvalue weighted by atomic mass is 10.0. The van der Waals surface area contributed by atoms with E-state index in [9.17, 15) is 9.90 Å². The van der Waals surface area contributed by atoms with Crippen LogP contribution in [0.2, 0.25) is 0 Å². The Bertz CT molecular complexity index is 486. The van der Waals surface area contributed by atoms with Crippen LogP contribution >= 0.6 is 0 Å². The molecule has 0 saturated heterocycles. The Labute approximate surface area is 127 Å². The number of aliphatic hydroxyl groups excluding tert-OH is 1. The lowest BCUT2D eigenvalue weighted by molar-refractivity contribution is 0.0445. The molecule has 1 heterocycles. The molecule has 0 aliphatic carbocycles. The van der Waals surface area contributed by atoms with Crippen LogP contribution in [0.4, 0.5) is 0 Å². The maximum Gasteiger partial charge on any atom is 0.250 e. The number of aliphatic hydroxyl groups is 1. The number of hydrogen-bond acceptors (Lipinski definition) is 3. The van der Waals surface area contributed by atoms with Crippen LogP contribution in [0.15, 0.2) is 54.5 Å². The highest BCUT2D eigenvalue weighted by Crippen LogP contribution is 2.12. The van der Waals surface area contributed by atoms with Crippen LogP contribution in [0.1, 0.15) is 19.8 Å². The predicted octanol–water partition coefficient (Wildman–Crippen LogP) is 2.05. The summed E-state index contributed by atoms with van der Waals surface area (Å²) in [5.74, 6) is 0. The van der Waals surface area contributed by atoms with Gasteiger partial charge in [0.25, 0.3) is 5.56 Å². The first-order valence-electron chi connectivity index (χ1n) is 7.43. The molecule has 0 aliphatic rings. The molecule has 4 heteroatoms. The summed E-state index contributed by atoms with van der Waals surface area (Å²) in [6, 6.07) is 4.95. The van der Waals surface area contributed by atoms with Crippen LogP contribution in [0.3, 0.4) is 0 Å². The average Bonchev–Trinajstić information content (AvgIpc) is 2.46. The molecule has 21 heavy (non-hydrogen) atoms. The Balaban J connectivity index is 2.99. The molecule has 1 N–H and O–H groups in total. The molecule has 1 aromatic rings. The maximum absolute atomic E-state index is 11.9. The van der Waals surface area contributed by atoms with E-state index in [1.54, 1.807) is 16.8 Å². The van der Waals surface area contributed by atoms with Gasteiger partial charge in [-0.25, -0.2) is 0 Å². The summed E-state index contributed by atoms with van der Waals surface area (Å²) in [6.07, 6.45) is 6.50. The maximum atomic E-state index is 11.9. The van der Waals surface area contributed by atoms with Crippen molar-refractivity contribution in [3.63, 3.8) is 0 Å². The van der Waals surface area contributed by atoms with Crippen molar-refractivity contribution in [3.8, 4) is 0 Å². The zero-order chi connectivity index (χ0) is 15.7. The van der Waals surface area contributed by atoms with Gasteiger partial charge in [-0.15, -0.1) is 13.2 Å². The fourth-order valence-electron chi connectivity index (χ4n) is 2.46. The third kappa shape index (κ3) is 5.33. The van der Waals surface area contributed by atoms with Gasteiger partial charge in [-0.2, -0.15) is 0 Å². The van der Waals surface area contributed by atoms with Gasteiger partial charge in [0.15, 0.2) is 0 Å². The SMILES string of the molecule is C=CCN(CC=C)[C@H](Cn1ccccc1=O)[C@@H](O)CCC. The summed E-state index contributed by atoms with van der Waals surface area (Å²) in [6.45, 7) is 11.3. The third-order valence-electron chi connectivity index (χ3n) is 3.51. The monoisotopic (exact) mass is 290 g/mol. The number of pyridine rings is 1. The van der Waals surface area contributed by atoms with Crippen LogP contribution < -0.4 is 5.56 Å². The van der Waals surface area contributed by atoms with E-state index in [0.29, 0.717) is 26.1 Å². The lowest BCUT2D eigenvalue weighted by Crippen LogP contribution is -2.47. The van der Waals surface area contributed by atoms with Gasteiger partial charge < -0.3 is 9.67 Å². The number of hydrogen-bond donors (Lipinski definition) is 1. The summed E-state index contributed by atoms with van der Waals surface area (Å²) in [5, 5.41) is 10.5. The summed E-state index contributed by atoms with van der Waals surface area (Å²) in [7, 11) is 0. The Morgan fingerprint density at radius 2 is 2.00 bits per heavy atom. The van der Waals surface area contributed by atoms with Crippen LogP contribution in [0, 0.1) is 0 Å². The highest BCUT2D eigenvalue weighted by Gasteiger charge is 2.24. The van der Waals surface area contributed by atoms with E-state index in [1.807, 2.05) is 25.1 Å². The second-order valence-corrected chi connectivity index (χ2v) is 5.15. The number of nitrogens with zero attached hydrogens (tertiary/aromatic N) is 2. The van der Waals surface area contributed by atoms with E-state index in [2.05, 4.69) is 18.1 Å². The Kier molecular flexibility index (Phi) is 7.72. The molecule has 1 aromatic heterocycles. The zero-order valence-electron chi connectivity index (χ0n) is 12.8. The van der Waals surface area contributed by atoms with E-state index >= 15 is 0 Å². The van der Waals surface area contributed by atoms with Crippen molar-refractivity contribution in [1.82, 2.24) is 9.47 Å².